The van der Waals surface area contributed by atoms with Gasteiger partial charge in [-0.25, -0.2) is 0 Å². The lowest BCUT2D eigenvalue weighted by Gasteiger charge is -2.49. The number of para-hydroxylation sites is 1. The van der Waals surface area contributed by atoms with Crippen LogP contribution in [-0.4, -0.2) is 0 Å². The topological polar surface area (TPSA) is 3.24 Å². The van der Waals surface area contributed by atoms with Gasteiger partial charge in [-0.1, -0.05) is 176 Å². The Hall–Kier alpha value is -6.96. The van der Waals surface area contributed by atoms with Gasteiger partial charge >= 0.3 is 0 Å². The Morgan fingerprint density at radius 3 is 1.44 bits per heavy atom. The van der Waals surface area contributed by atoms with Crippen LogP contribution < -0.4 is 4.90 Å². The SMILES string of the molecule is C1=C2C(=CCC1)C1(c3ccccc32)c2ccccc2C2(c3ccccc3-c3ccccc32)c2ccc(N(c3ccccc3)c3ccc(-c4ccccc4)cc3)cc21. The lowest BCUT2D eigenvalue weighted by atomic mass is 9.52. The molecular formula is C56H39N. The van der Waals surface area contributed by atoms with Crippen molar-refractivity contribution >= 4 is 22.6 Å². The number of allylic oxidation sites excluding steroid dienone is 4. The average Bonchev–Trinajstić information content (AvgIpc) is 3.75. The molecular weight excluding hydrogens is 687 g/mol. The smallest absolute Gasteiger partial charge is 0.0720 e. The second kappa shape index (κ2) is 12.3. The van der Waals surface area contributed by atoms with Crippen LogP contribution >= 0.6 is 0 Å². The molecule has 268 valence electrons. The Bertz CT molecular complexity index is 2910. The van der Waals surface area contributed by atoms with Gasteiger partial charge in [-0.15, -0.1) is 0 Å². The van der Waals surface area contributed by atoms with Crippen molar-refractivity contribution in [3.8, 4) is 22.3 Å². The molecule has 0 saturated heterocycles. The van der Waals surface area contributed by atoms with Gasteiger partial charge in [0.2, 0.25) is 0 Å². The third kappa shape index (κ3) is 4.29. The summed E-state index contributed by atoms with van der Waals surface area (Å²) in [5.74, 6) is 0. The minimum Gasteiger partial charge on any atom is -0.310 e. The Morgan fingerprint density at radius 1 is 0.316 bits per heavy atom. The highest BCUT2D eigenvalue weighted by atomic mass is 15.1. The molecule has 1 unspecified atom stereocenters. The molecule has 0 bridgehead atoms. The number of hydrogen-bond acceptors (Lipinski definition) is 1. The van der Waals surface area contributed by atoms with Crippen molar-refractivity contribution in [3.63, 3.8) is 0 Å². The number of fused-ring (bicyclic) bond motifs is 16. The summed E-state index contributed by atoms with van der Waals surface area (Å²) in [6.45, 7) is 0. The predicted octanol–water partition coefficient (Wildman–Crippen LogP) is 14.0. The molecule has 4 aliphatic rings. The lowest BCUT2D eigenvalue weighted by molar-refractivity contribution is 0.630. The minimum absolute atomic E-state index is 0.492. The first-order valence-electron chi connectivity index (χ1n) is 20.3. The van der Waals surface area contributed by atoms with Crippen molar-refractivity contribution in [2.75, 3.05) is 4.90 Å². The Kier molecular flexibility index (Phi) is 6.95. The van der Waals surface area contributed by atoms with Crippen LogP contribution in [0.2, 0.25) is 0 Å². The molecule has 1 atom stereocenters. The number of anilines is 3. The summed E-state index contributed by atoms with van der Waals surface area (Å²) in [4.78, 5) is 2.44. The maximum absolute atomic E-state index is 2.56. The van der Waals surface area contributed by atoms with Crippen molar-refractivity contribution in [1.29, 1.82) is 0 Å². The number of nitrogens with zero attached hydrogens (tertiary/aromatic N) is 1. The lowest BCUT2D eigenvalue weighted by Crippen LogP contribution is -2.44. The highest BCUT2D eigenvalue weighted by Crippen LogP contribution is 2.68. The molecule has 1 heteroatoms. The first-order valence-corrected chi connectivity index (χ1v) is 20.3. The van der Waals surface area contributed by atoms with E-state index in [9.17, 15) is 0 Å². The first-order chi connectivity index (χ1) is 28.3. The van der Waals surface area contributed by atoms with E-state index in [0.717, 1.165) is 29.9 Å². The molecule has 57 heavy (non-hydrogen) atoms. The molecule has 12 rings (SSSR count). The molecule has 0 amide bonds. The van der Waals surface area contributed by atoms with Crippen LogP contribution in [0.3, 0.4) is 0 Å². The number of hydrogen-bond donors (Lipinski definition) is 0. The summed E-state index contributed by atoms with van der Waals surface area (Å²) in [5.41, 5.74) is 21.2. The van der Waals surface area contributed by atoms with Crippen LogP contribution in [0.5, 0.6) is 0 Å². The summed E-state index contributed by atoms with van der Waals surface area (Å²) < 4.78 is 0. The molecule has 1 nitrogen and oxygen atoms in total. The van der Waals surface area contributed by atoms with Crippen LogP contribution in [0.15, 0.2) is 218 Å². The Balaban J connectivity index is 1.20. The van der Waals surface area contributed by atoms with Crippen molar-refractivity contribution < 1.29 is 0 Å². The van der Waals surface area contributed by atoms with Crippen molar-refractivity contribution in [1.82, 2.24) is 0 Å². The standard InChI is InChI=1S/C56H39N/c1-3-17-38(18-4-1)39-31-33-41(34-32-39)57(40-19-5-2-6-20-40)42-35-36-53-54(37-42)56(49-27-13-9-23-45(49)46-24-10-14-28-50(46)56)52-30-16-15-29-51(52)55(53)47-25-11-7-21-43(47)44-22-8-12-26-48(44)55/h1-9,11-13,15-37H,10,14H2. The molecule has 0 fully saturated rings. The van der Waals surface area contributed by atoms with Crippen LogP contribution in [0, 0.1) is 0 Å². The molecule has 0 aliphatic heterocycles. The third-order valence-corrected chi connectivity index (χ3v) is 13.2. The molecule has 0 heterocycles. The quantitative estimate of drug-likeness (QED) is 0.175. The van der Waals surface area contributed by atoms with Crippen LogP contribution in [0.25, 0.3) is 27.8 Å². The van der Waals surface area contributed by atoms with Gasteiger partial charge in [0.15, 0.2) is 0 Å². The fourth-order valence-electron chi connectivity index (χ4n) is 11.1. The van der Waals surface area contributed by atoms with Gasteiger partial charge in [-0.05, 0) is 127 Å². The zero-order valence-electron chi connectivity index (χ0n) is 31.6. The molecule has 2 spiro atoms. The summed E-state index contributed by atoms with van der Waals surface area (Å²) in [5, 5.41) is 0. The van der Waals surface area contributed by atoms with Gasteiger partial charge in [0.25, 0.3) is 0 Å². The van der Waals surface area contributed by atoms with Gasteiger partial charge < -0.3 is 4.90 Å². The second-order valence-corrected chi connectivity index (χ2v) is 15.8. The highest BCUT2D eigenvalue weighted by Gasteiger charge is 2.60. The number of rotatable bonds is 4. The van der Waals surface area contributed by atoms with Crippen LogP contribution in [0.4, 0.5) is 17.1 Å². The van der Waals surface area contributed by atoms with E-state index in [2.05, 4.69) is 217 Å². The zero-order chi connectivity index (χ0) is 37.6. The first kappa shape index (κ1) is 32.3. The van der Waals surface area contributed by atoms with Gasteiger partial charge in [0.1, 0.15) is 0 Å². The maximum Gasteiger partial charge on any atom is 0.0720 e. The van der Waals surface area contributed by atoms with E-state index >= 15 is 0 Å². The maximum atomic E-state index is 2.56. The molecule has 0 aromatic heterocycles. The Morgan fingerprint density at radius 2 is 0.772 bits per heavy atom. The van der Waals surface area contributed by atoms with Crippen molar-refractivity contribution in [3.05, 3.63) is 262 Å². The van der Waals surface area contributed by atoms with Crippen LogP contribution in [0.1, 0.15) is 57.3 Å². The Labute approximate surface area is 334 Å². The van der Waals surface area contributed by atoms with Crippen molar-refractivity contribution in [2.45, 2.75) is 23.7 Å². The second-order valence-electron chi connectivity index (χ2n) is 15.8. The predicted molar refractivity (Wildman–Crippen MR) is 235 cm³/mol. The largest absolute Gasteiger partial charge is 0.310 e. The minimum atomic E-state index is -0.498. The molecule has 4 aliphatic carbocycles. The normalized spacial score (nSPS) is 17.4. The van der Waals surface area contributed by atoms with Gasteiger partial charge in [0.05, 0.1) is 10.8 Å². The third-order valence-electron chi connectivity index (χ3n) is 13.2. The fourth-order valence-corrected chi connectivity index (χ4v) is 11.1. The number of benzene rings is 8. The molecule has 8 aromatic carbocycles. The van der Waals surface area contributed by atoms with Gasteiger partial charge in [-0.2, -0.15) is 0 Å². The molecule has 0 radical (unpaired) electrons. The summed E-state index contributed by atoms with van der Waals surface area (Å²) >= 11 is 0. The molecule has 0 N–H and O–H groups in total. The van der Waals surface area contributed by atoms with Crippen molar-refractivity contribution in [2.24, 2.45) is 0 Å². The molecule has 0 saturated carbocycles. The van der Waals surface area contributed by atoms with Gasteiger partial charge in [0, 0.05) is 17.1 Å². The molecule has 8 aromatic rings. The van der Waals surface area contributed by atoms with E-state index in [1.54, 1.807) is 0 Å². The highest BCUT2D eigenvalue weighted by molar-refractivity contribution is 5.99. The summed E-state index contributed by atoms with van der Waals surface area (Å²) in [7, 11) is 0. The monoisotopic (exact) mass is 725 g/mol. The van der Waals surface area contributed by atoms with E-state index in [-0.39, 0.29) is 0 Å². The van der Waals surface area contributed by atoms with E-state index in [1.165, 1.54) is 77.9 Å². The van der Waals surface area contributed by atoms with E-state index in [4.69, 9.17) is 0 Å². The van der Waals surface area contributed by atoms with E-state index in [0.29, 0.717) is 0 Å². The fraction of sp³-hybridized carbons (Fsp3) is 0.0714. The summed E-state index contributed by atoms with van der Waals surface area (Å²) in [6.07, 6.45) is 7.16. The summed E-state index contributed by atoms with van der Waals surface area (Å²) in [6, 6.07) is 75.0. The van der Waals surface area contributed by atoms with Gasteiger partial charge in [-0.3, -0.25) is 0 Å². The van der Waals surface area contributed by atoms with E-state index in [1.807, 2.05) is 0 Å². The average molecular weight is 726 g/mol. The van der Waals surface area contributed by atoms with E-state index < -0.39 is 10.8 Å². The zero-order valence-corrected chi connectivity index (χ0v) is 31.6. The van der Waals surface area contributed by atoms with Crippen LogP contribution in [-0.2, 0) is 10.8 Å².